The van der Waals surface area contributed by atoms with Crippen molar-refractivity contribution >= 4 is 27.4 Å². The Morgan fingerprint density at radius 1 is 1.56 bits per heavy atom. The van der Waals surface area contributed by atoms with E-state index in [1.54, 1.807) is 0 Å². The summed E-state index contributed by atoms with van der Waals surface area (Å²) in [6.07, 6.45) is -0.276. The van der Waals surface area contributed by atoms with Crippen molar-refractivity contribution in [3.05, 3.63) is 0 Å². The molecule has 0 spiro atoms. The normalized spacial score (nSPS) is 16.4. The monoisotopic (exact) mass is 248 g/mol. The van der Waals surface area contributed by atoms with E-state index >= 15 is 0 Å². The minimum Gasteiger partial charge on any atom is -0.477 e. The number of carboxylic acid groups (broad SMARTS) is 1. The molecule has 0 fully saturated rings. The maximum atomic E-state index is 11.2. The predicted molar refractivity (Wildman–Crippen MR) is 55.7 cm³/mol. The van der Waals surface area contributed by atoms with Crippen molar-refractivity contribution in [2.45, 2.75) is 13.3 Å². The third kappa shape index (κ3) is 3.02. The highest BCUT2D eigenvalue weighted by Crippen LogP contribution is 2.08. The van der Waals surface area contributed by atoms with Gasteiger partial charge in [-0.3, -0.25) is 4.79 Å². The molecule has 1 heterocycles. The number of sulfone groups is 1. The summed E-state index contributed by atoms with van der Waals surface area (Å²) >= 11 is 0. The Morgan fingerprint density at radius 2 is 2.19 bits per heavy atom. The van der Waals surface area contributed by atoms with E-state index in [4.69, 9.17) is 5.11 Å². The van der Waals surface area contributed by atoms with E-state index in [1.807, 2.05) is 0 Å². The van der Waals surface area contributed by atoms with Crippen LogP contribution in [0.15, 0.2) is 5.10 Å². The number of hydrazone groups is 1. The molecule has 1 N–H and O–H groups in total. The highest BCUT2D eigenvalue weighted by atomic mass is 32.2. The largest absolute Gasteiger partial charge is 0.477 e. The molecule has 0 aromatic carbocycles. The highest BCUT2D eigenvalue weighted by Gasteiger charge is 2.28. The van der Waals surface area contributed by atoms with Crippen molar-refractivity contribution in [3.63, 3.8) is 0 Å². The van der Waals surface area contributed by atoms with Crippen LogP contribution in [0.3, 0.4) is 0 Å². The summed E-state index contributed by atoms with van der Waals surface area (Å²) in [5.41, 5.74) is -0.251. The second kappa shape index (κ2) is 4.60. The number of nitrogens with zero attached hydrogens (tertiary/aromatic N) is 2. The van der Waals surface area contributed by atoms with Gasteiger partial charge in [-0.2, -0.15) is 5.10 Å². The Hall–Kier alpha value is -1.44. The van der Waals surface area contributed by atoms with Gasteiger partial charge in [-0.25, -0.2) is 18.2 Å². The lowest BCUT2D eigenvalue weighted by Gasteiger charge is -2.10. The van der Waals surface area contributed by atoms with Crippen LogP contribution in [0.4, 0.5) is 0 Å². The highest BCUT2D eigenvalue weighted by molar-refractivity contribution is 7.91. The standard InChI is InChI=1S/C8H12N2O5S/c1-2-16(14,15)4-3-10-7(11)5-6(9-10)8(12)13/h2-5H2,1H3,(H,12,13). The Labute approximate surface area is 92.7 Å². The topological polar surface area (TPSA) is 104 Å². The summed E-state index contributed by atoms with van der Waals surface area (Å²) in [7, 11) is -3.18. The molecule has 1 rings (SSSR count). The van der Waals surface area contributed by atoms with E-state index in [0.717, 1.165) is 5.01 Å². The van der Waals surface area contributed by atoms with Gasteiger partial charge in [0.05, 0.1) is 18.7 Å². The second-order valence-electron chi connectivity index (χ2n) is 3.28. The van der Waals surface area contributed by atoms with Gasteiger partial charge in [-0.05, 0) is 0 Å². The first-order chi connectivity index (χ1) is 7.35. The predicted octanol–water partition coefficient (Wildman–Crippen LogP) is -0.906. The van der Waals surface area contributed by atoms with Gasteiger partial charge in [-0.15, -0.1) is 0 Å². The van der Waals surface area contributed by atoms with Crippen LogP contribution < -0.4 is 0 Å². The van der Waals surface area contributed by atoms with Crippen molar-refractivity contribution in [2.24, 2.45) is 5.10 Å². The molecule has 0 aromatic rings. The zero-order chi connectivity index (χ0) is 12.3. The van der Waals surface area contributed by atoms with Gasteiger partial charge in [0.2, 0.25) is 5.91 Å². The van der Waals surface area contributed by atoms with Gasteiger partial charge in [0.1, 0.15) is 0 Å². The number of amides is 1. The molecular weight excluding hydrogens is 236 g/mol. The Balaban J connectivity index is 2.63. The van der Waals surface area contributed by atoms with Crippen LogP contribution in [-0.4, -0.2) is 54.2 Å². The molecule has 0 aliphatic carbocycles. The number of carbonyl (C=O) groups excluding carboxylic acids is 1. The molecule has 0 unspecified atom stereocenters. The summed E-state index contributed by atoms with van der Waals surface area (Å²) in [6.45, 7) is 1.42. The number of rotatable bonds is 5. The molecule has 8 heteroatoms. The number of hydrogen-bond acceptors (Lipinski definition) is 5. The third-order valence-electron chi connectivity index (χ3n) is 2.15. The first kappa shape index (κ1) is 12.6. The van der Waals surface area contributed by atoms with Gasteiger partial charge in [0.25, 0.3) is 0 Å². The molecule has 16 heavy (non-hydrogen) atoms. The Bertz CT molecular complexity index is 439. The second-order valence-corrected chi connectivity index (χ2v) is 5.75. The van der Waals surface area contributed by atoms with Crippen LogP contribution in [0, 0.1) is 0 Å². The zero-order valence-electron chi connectivity index (χ0n) is 8.71. The molecule has 0 bridgehead atoms. The molecule has 0 atom stereocenters. The first-order valence-electron chi connectivity index (χ1n) is 4.67. The molecule has 1 amide bonds. The van der Waals surface area contributed by atoms with E-state index < -0.39 is 21.7 Å². The average Bonchev–Trinajstić information content (AvgIpc) is 2.57. The number of carbonyl (C=O) groups is 2. The summed E-state index contributed by atoms with van der Waals surface area (Å²) < 4.78 is 22.4. The molecule has 90 valence electrons. The van der Waals surface area contributed by atoms with E-state index in [0.29, 0.717) is 0 Å². The molecular formula is C8H12N2O5S. The van der Waals surface area contributed by atoms with Crippen LogP contribution in [0.2, 0.25) is 0 Å². The van der Waals surface area contributed by atoms with Crippen LogP contribution >= 0.6 is 0 Å². The quantitative estimate of drug-likeness (QED) is 0.678. The molecule has 0 radical (unpaired) electrons. The lowest BCUT2D eigenvalue weighted by atomic mass is 10.3. The summed E-state index contributed by atoms with van der Waals surface area (Å²) in [4.78, 5) is 21.8. The van der Waals surface area contributed by atoms with Crippen molar-refractivity contribution < 1.29 is 23.1 Å². The van der Waals surface area contributed by atoms with Gasteiger partial charge >= 0.3 is 5.97 Å². The lowest BCUT2D eigenvalue weighted by Crippen LogP contribution is -2.27. The summed E-state index contributed by atoms with van der Waals surface area (Å²) in [5.74, 6) is -1.95. The zero-order valence-corrected chi connectivity index (χ0v) is 9.53. The fourth-order valence-electron chi connectivity index (χ4n) is 1.13. The minimum atomic E-state index is -3.18. The van der Waals surface area contributed by atoms with E-state index in [-0.39, 0.29) is 30.2 Å². The van der Waals surface area contributed by atoms with Crippen molar-refractivity contribution in [1.82, 2.24) is 5.01 Å². The van der Waals surface area contributed by atoms with Gasteiger partial charge < -0.3 is 5.11 Å². The first-order valence-corrected chi connectivity index (χ1v) is 6.49. The van der Waals surface area contributed by atoms with Crippen LogP contribution in [0.25, 0.3) is 0 Å². The van der Waals surface area contributed by atoms with E-state index in [9.17, 15) is 18.0 Å². The fourth-order valence-corrected chi connectivity index (χ4v) is 1.87. The molecule has 0 saturated carbocycles. The Kier molecular flexibility index (Phi) is 3.63. The SMILES string of the molecule is CCS(=O)(=O)CCN1N=C(C(=O)O)CC1=O. The lowest BCUT2D eigenvalue weighted by molar-refractivity contribution is -0.130. The van der Waals surface area contributed by atoms with Crippen molar-refractivity contribution in [2.75, 3.05) is 18.1 Å². The van der Waals surface area contributed by atoms with Gasteiger partial charge in [-0.1, -0.05) is 6.92 Å². The third-order valence-corrected chi connectivity index (χ3v) is 3.83. The van der Waals surface area contributed by atoms with Crippen LogP contribution in [-0.2, 0) is 19.4 Å². The maximum absolute atomic E-state index is 11.2. The van der Waals surface area contributed by atoms with E-state index in [2.05, 4.69) is 5.10 Å². The van der Waals surface area contributed by atoms with Crippen LogP contribution in [0.1, 0.15) is 13.3 Å². The number of hydrogen-bond donors (Lipinski definition) is 1. The van der Waals surface area contributed by atoms with Crippen molar-refractivity contribution in [1.29, 1.82) is 0 Å². The number of aliphatic carboxylic acids is 1. The minimum absolute atomic E-state index is 0.00939. The molecule has 1 aliphatic rings. The Morgan fingerprint density at radius 3 is 2.62 bits per heavy atom. The molecule has 7 nitrogen and oxygen atoms in total. The summed E-state index contributed by atoms with van der Waals surface area (Å²) in [5, 5.41) is 13.0. The molecule has 1 aliphatic heterocycles. The average molecular weight is 248 g/mol. The molecule has 0 saturated heterocycles. The van der Waals surface area contributed by atoms with Gasteiger partial charge in [0, 0.05) is 5.75 Å². The van der Waals surface area contributed by atoms with Crippen LogP contribution in [0.5, 0.6) is 0 Å². The number of carboxylic acids is 1. The maximum Gasteiger partial charge on any atom is 0.352 e. The smallest absolute Gasteiger partial charge is 0.352 e. The van der Waals surface area contributed by atoms with Crippen molar-refractivity contribution in [3.8, 4) is 0 Å². The fraction of sp³-hybridized carbons (Fsp3) is 0.625. The summed E-state index contributed by atoms with van der Waals surface area (Å²) in [6, 6.07) is 0. The van der Waals surface area contributed by atoms with E-state index in [1.165, 1.54) is 6.92 Å². The molecule has 0 aromatic heterocycles. The van der Waals surface area contributed by atoms with Gasteiger partial charge in [0.15, 0.2) is 15.5 Å².